The molecule has 7 nitrogen and oxygen atoms in total. The molecule has 3 aromatic rings. The summed E-state index contributed by atoms with van der Waals surface area (Å²) >= 11 is 6.64. The van der Waals surface area contributed by atoms with Crippen molar-refractivity contribution in [3.8, 4) is 11.3 Å². The third kappa shape index (κ3) is 5.66. The summed E-state index contributed by atoms with van der Waals surface area (Å²) in [6.45, 7) is 1.37. The molecule has 1 saturated heterocycles. The number of aromatic nitrogens is 3. The standard InChI is InChI=1S/C22H18ClF5N4O3S2/c1-11-14(24)7-17(32(11)37(34,35)20-5-4-19(23)36-20)18(33)3-2-12-6-16(29-10-15(12)25)13-8-30-21(31-9-13)22(26,27)28/h4-6,8-11,14,17H,2-3,7H2,1H3/t11-,14+,17-/m0/s1. The molecule has 0 spiro atoms. The van der Waals surface area contributed by atoms with E-state index in [1.165, 1.54) is 25.1 Å². The summed E-state index contributed by atoms with van der Waals surface area (Å²) in [5.41, 5.74) is 0.188. The van der Waals surface area contributed by atoms with Crippen LogP contribution >= 0.6 is 22.9 Å². The molecule has 0 aromatic carbocycles. The van der Waals surface area contributed by atoms with Crippen molar-refractivity contribution in [3.05, 3.63) is 58.3 Å². The predicted octanol–water partition coefficient (Wildman–Crippen LogP) is 5.10. The van der Waals surface area contributed by atoms with Crippen LogP contribution in [0.4, 0.5) is 22.0 Å². The number of thiophene rings is 1. The lowest BCUT2D eigenvalue weighted by Crippen LogP contribution is -2.44. The Labute approximate surface area is 217 Å². The van der Waals surface area contributed by atoms with E-state index in [1.54, 1.807) is 0 Å². The molecule has 0 radical (unpaired) electrons. The van der Waals surface area contributed by atoms with Crippen molar-refractivity contribution >= 4 is 38.7 Å². The van der Waals surface area contributed by atoms with Crippen LogP contribution in [0.3, 0.4) is 0 Å². The van der Waals surface area contributed by atoms with Crippen molar-refractivity contribution in [2.24, 2.45) is 0 Å². The van der Waals surface area contributed by atoms with E-state index in [1.807, 2.05) is 0 Å². The Morgan fingerprint density at radius 3 is 2.46 bits per heavy atom. The maximum atomic E-state index is 14.6. The van der Waals surface area contributed by atoms with Gasteiger partial charge in [0.1, 0.15) is 16.2 Å². The predicted molar refractivity (Wildman–Crippen MR) is 125 cm³/mol. The number of Topliss-reactive ketones (excluding diaryl/α,β-unsaturated/α-hetero) is 1. The highest BCUT2D eigenvalue weighted by Crippen LogP contribution is 2.37. The smallest absolute Gasteiger partial charge is 0.298 e. The van der Waals surface area contributed by atoms with Crippen molar-refractivity contribution in [1.29, 1.82) is 0 Å². The Bertz CT molecular complexity index is 1420. The second kappa shape index (κ2) is 10.3. The molecular formula is C22H18ClF5N4O3S2. The van der Waals surface area contributed by atoms with Crippen LogP contribution in [0.25, 0.3) is 11.3 Å². The number of ketones is 1. The van der Waals surface area contributed by atoms with E-state index >= 15 is 0 Å². The summed E-state index contributed by atoms with van der Waals surface area (Å²) in [7, 11) is -4.21. The van der Waals surface area contributed by atoms with Crippen LogP contribution in [0.15, 0.2) is 41.0 Å². The Balaban J connectivity index is 1.53. The lowest BCUT2D eigenvalue weighted by atomic mass is 10.0. The number of sulfonamides is 1. The zero-order valence-corrected chi connectivity index (χ0v) is 21.3. The summed E-state index contributed by atoms with van der Waals surface area (Å²) in [6, 6.07) is 1.52. The van der Waals surface area contributed by atoms with Gasteiger partial charge in [0.2, 0.25) is 5.82 Å². The number of alkyl halides is 4. The number of aryl methyl sites for hydroxylation is 1. The first-order valence-corrected chi connectivity index (χ1v) is 13.4. The molecule has 0 bridgehead atoms. The molecule has 0 saturated carbocycles. The second-order valence-electron chi connectivity index (χ2n) is 8.32. The Morgan fingerprint density at radius 2 is 1.86 bits per heavy atom. The van der Waals surface area contributed by atoms with Crippen molar-refractivity contribution in [3.63, 3.8) is 0 Å². The van der Waals surface area contributed by atoms with Gasteiger partial charge < -0.3 is 0 Å². The zero-order chi connectivity index (χ0) is 27.1. The van der Waals surface area contributed by atoms with Gasteiger partial charge in [-0.15, -0.1) is 11.3 Å². The molecule has 37 heavy (non-hydrogen) atoms. The Kier molecular flexibility index (Phi) is 7.66. The van der Waals surface area contributed by atoms with Gasteiger partial charge in [0.25, 0.3) is 10.0 Å². The largest absolute Gasteiger partial charge is 0.451 e. The maximum absolute atomic E-state index is 14.6. The summed E-state index contributed by atoms with van der Waals surface area (Å²) in [5, 5.41) is 0. The van der Waals surface area contributed by atoms with Gasteiger partial charge >= 0.3 is 6.18 Å². The van der Waals surface area contributed by atoms with E-state index in [9.17, 15) is 35.2 Å². The molecule has 1 fully saturated rings. The summed E-state index contributed by atoms with van der Waals surface area (Å²) < 4.78 is 94.3. The van der Waals surface area contributed by atoms with Crippen LogP contribution in [0, 0.1) is 5.82 Å². The normalized spacial score (nSPS) is 20.9. The van der Waals surface area contributed by atoms with E-state index in [-0.39, 0.29) is 44.6 Å². The minimum atomic E-state index is -4.73. The molecule has 1 aliphatic heterocycles. The SMILES string of the molecule is C[C@H]1[C@H](F)C[C@@H](C(=O)CCc2cc(-c3cnc(C(F)(F)F)nc3)ncc2F)N1S(=O)(=O)c1ccc(Cl)s1. The highest BCUT2D eigenvalue weighted by Gasteiger charge is 2.49. The van der Waals surface area contributed by atoms with Crippen molar-refractivity contribution < 1.29 is 35.2 Å². The highest BCUT2D eigenvalue weighted by molar-refractivity contribution is 7.91. The quantitative estimate of drug-likeness (QED) is 0.361. The van der Waals surface area contributed by atoms with Gasteiger partial charge in [-0.1, -0.05) is 11.6 Å². The van der Waals surface area contributed by atoms with E-state index in [4.69, 9.17) is 11.6 Å². The van der Waals surface area contributed by atoms with Gasteiger partial charge in [0, 0.05) is 30.8 Å². The molecule has 0 N–H and O–H groups in total. The Hall–Kier alpha value is -2.55. The average molecular weight is 581 g/mol. The first kappa shape index (κ1) is 27.5. The monoisotopic (exact) mass is 580 g/mol. The molecule has 15 heteroatoms. The van der Waals surface area contributed by atoms with Gasteiger partial charge in [0.05, 0.1) is 28.3 Å². The first-order chi connectivity index (χ1) is 17.3. The minimum Gasteiger partial charge on any atom is -0.298 e. The summed E-state index contributed by atoms with van der Waals surface area (Å²) in [6.07, 6.45) is -4.51. The lowest BCUT2D eigenvalue weighted by molar-refractivity contribution is -0.145. The van der Waals surface area contributed by atoms with E-state index in [0.29, 0.717) is 0 Å². The number of halogens is 6. The summed E-state index contributed by atoms with van der Waals surface area (Å²) in [4.78, 5) is 23.4. The number of hydrogen-bond donors (Lipinski definition) is 0. The molecule has 3 aromatic heterocycles. The average Bonchev–Trinajstić information content (AvgIpc) is 3.41. The molecule has 0 unspecified atom stereocenters. The highest BCUT2D eigenvalue weighted by atomic mass is 35.5. The number of rotatable bonds is 7. The minimum absolute atomic E-state index is 0.0144. The van der Waals surface area contributed by atoms with Crippen molar-refractivity contribution in [2.75, 3.05) is 0 Å². The summed E-state index contributed by atoms with van der Waals surface area (Å²) in [5.74, 6) is -2.72. The number of pyridine rings is 1. The van der Waals surface area contributed by atoms with Crippen molar-refractivity contribution in [1.82, 2.24) is 19.3 Å². The van der Waals surface area contributed by atoms with Gasteiger partial charge in [-0.25, -0.2) is 27.2 Å². The second-order valence-corrected chi connectivity index (χ2v) is 12.1. The lowest BCUT2D eigenvalue weighted by Gasteiger charge is -2.26. The molecular weight excluding hydrogens is 563 g/mol. The van der Waals surface area contributed by atoms with Crippen LogP contribution in [-0.4, -0.2) is 51.7 Å². The molecule has 198 valence electrons. The number of hydrogen-bond acceptors (Lipinski definition) is 7. The van der Waals surface area contributed by atoms with Crippen LogP contribution in [0.2, 0.25) is 4.34 Å². The van der Waals surface area contributed by atoms with Crippen LogP contribution in [0.5, 0.6) is 0 Å². The fraction of sp³-hybridized carbons (Fsp3) is 0.364. The van der Waals surface area contributed by atoms with Crippen LogP contribution in [0.1, 0.15) is 31.2 Å². The molecule has 4 rings (SSSR count). The van der Waals surface area contributed by atoms with Gasteiger partial charge in [-0.05, 0) is 37.1 Å². The molecule has 1 aliphatic rings. The first-order valence-electron chi connectivity index (χ1n) is 10.8. The fourth-order valence-electron chi connectivity index (χ4n) is 4.02. The fourth-order valence-corrected chi connectivity index (χ4v) is 7.44. The topological polar surface area (TPSA) is 93.1 Å². The van der Waals surface area contributed by atoms with Crippen LogP contribution in [-0.2, 0) is 27.4 Å². The number of carbonyl (C=O) groups is 1. The number of carbonyl (C=O) groups excluding carboxylic acids is 1. The van der Waals surface area contributed by atoms with Crippen LogP contribution < -0.4 is 0 Å². The molecule has 3 atom stereocenters. The number of nitrogens with zero attached hydrogens (tertiary/aromatic N) is 4. The van der Waals surface area contributed by atoms with Gasteiger partial charge in [-0.2, -0.15) is 17.5 Å². The zero-order valence-electron chi connectivity index (χ0n) is 18.9. The molecule has 0 aliphatic carbocycles. The van der Waals surface area contributed by atoms with E-state index in [0.717, 1.165) is 34.2 Å². The van der Waals surface area contributed by atoms with E-state index < -0.39 is 51.9 Å². The maximum Gasteiger partial charge on any atom is 0.451 e. The third-order valence-corrected chi connectivity index (χ3v) is 9.60. The van der Waals surface area contributed by atoms with Gasteiger partial charge in [-0.3, -0.25) is 9.78 Å². The molecule has 0 amide bonds. The van der Waals surface area contributed by atoms with Gasteiger partial charge in [0.15, 0.2) is 5.78 Å². The van der Waals surface area contributed by atoms with E-state index in [2.05, 4.69) is 15.0 Å². The Morgan fingerprint density at radius 1 is 1.19 bits per heavy atom. The molecule has 4 heterocycles. The van der Waals surface area contributed by atoms with Crippen molar-refractivity contribution in [2.45, 2.75) is 54.8 Å². The third-order valence-electron chi connectivity index (χ3n) is 5.91.